The molecule has 22 heavy (non-hydrogen) atoms. The third-order valence-electron chi connectivity index (χ3n) is 3.95. The molecule has 1 aliphatic heterocycles. The fraction of sp³-hybridized carbons (Fsp3) is 0.533. The lowest BCUT2D eigenvalue weighted by molar-refractivity contribution is -0.384. The van der Waals surface area contributed by atoms with Gasteiger partial charge in [0, 0.05) is 43.9 Å². The SMILES string of the molecule is NCC1CCN(C(=O)CCCNc2ccc([N+](=O)[O-])cc2)C1. The Kier molecular flexibility index (Phi) is 5.71. The van der Waals surface area contributed by atoms with Crippen LogP contribution in [-0.4, -0.2) is 41.9 Å². The van der Waals surface area contributed by atoms with Crippen molar-refractivity contribution in [2.24, 2.45) is 11.7 Å². The Hall–Kier alpha value is -2.15. The van der Waals surface area contributed by atoms with Gasteiger partial charge < -0.3 is 16.0 Å². The number of nitro groups is 1. The van der Waals surface area contributed by atoms with Crippen molar-refractivity contribution in [1.29, 1.82) is 0 Å². The van der Waals surface area contributed by atoms with Gasteiger partial charge >= 0.3 is 0 Å². The molecule has 0 spiro atoms. The number of non-ortho nitro benzene ring substituents is 1. The lowest BCUT2D eigenvalue weighted by Gasteiger charge is -2.16. The van der Waals surface area contributed by atoms with Crippen LogP contribution >= 0.6 is 0 Å². The van der Waals surface area contributed by atoms with Gasteiger partial charge in [0.15, 0.2) is 0 Å². The average Bonchev–Trinajstić information content (AvgIpc) is 3.01. The molecule has 7 nitrogen and oxygen atoms in total. The zero-order chi connectivity index (χ0) is 15.9. The monoisotopic (exact) mass is 306 g/mol. The first-order valence-corrected chi connectivity index (χ1v) is 7.56. The van der Waals surface area contributed by atoms with E-state index in [1.54, 1.807) is 12.1 Å². The Balaban J connectivity index is 1.66. The summed E-state index contributed by atoms with van der Waals surface area (Å²) in [5.74, 6) is 0.628. The number of hydrogen-bond acceptors (Lipinski definition) is 5. The van der Waals surface area contributed by atoms with Crippen molar-refractivity contribution in [3.8, 4) is 0 Å². The van der Waals surface area contributed by atoms with E-state index in [1.165, 1.54) is 12.1 Å². The Labute approximate surface area is 129 Å². The normalized spacial score (nSPS) is 17.5. The Morgan fingerprint density at radius 2 is 2.14 bits per heavy atom. The zero-order valence-corrected chi connectivity index (χ0v) is 12.5. The molecular weight excluding hydrogens is 284 g/mol. The van der Waals surface area contributed by atoms with Gasteiger partial charge in [-0.25, -0.2) is 0 Å². The molecule has 1 heterocycles. The summed E-state index contributed by atoms with van der Waals surface area (Å²) < 4.78 is 0. The number of nitro benzene ring substituents is 1. The minimum Gasteiger partial charge on any atom is -0.385 e. The van der Waals surface area contributed by atoms with Gasteiger partial charge in [-0.2, -0.15) is 0 Å². The number of nitrogens with one attached hydrogen (secondary N) is 1. The highest BCUT2D eigenvalue weighted by atomic mass is 16.6. The van der Waals surface area contributed by atoms with E-state index in [2.05, 4.69) is 5.32 Å². The lowest BCUT2D eigenvalue weighted by atomic mass is 10.1. The quantitative estimate of drug-likeness (QED) is 0.452. The van der Waals surface area contributed by atoms with Gasteiger partial charge in [0.05, 0.1) is 4.92 Å². The summed E-state index contributed by atoms with van der Waals surface area (Å²) in [5, 5.41) is 13.7. The van der Waals surface area contributed by atoms with Crippen LogP contribution in [0.25, 0.3) is 0 Å². The first-order valence-electron chi connectivity index (χ1n) is 7.56. The molecule has 120 valence electrons. The van der Waals surface area contributed by atoms with Crippen LogP contribution in [0.1, 0.15) is 19.3 Å². The summed E-state index contributed by atoms with van der Waals surface area (Å²) in [7, 11) is 0. The number of likely N-dealkylation sites (tertiary alicyclic amines) is 1. The largest absolute Gasteiger partial charge is 0.385 e. The molecule has 1 unspecified atom stereocenters. The van der Waals surface area contributed by atoms with Crippen LogP contribution in [0.4, 0.5) is 11.4 Å². The number of nitrogens with zero attached hydrogens (tertiary/aromatic N) is 2. The molecule has 0 aromatic heterocycles. The van der Waals surface area contributed by atoms with Gasteiger partial charge in [-0.05, 0) is 37.4 Å². The number of nitrogens with two attached hydrogens (primary N) is 1. The predicted molar refractivity (Wildman–Crippen MR) is 84.6 cm³/mol. The molecule has 0 saturated carbocycles. The van der Waals surface area contributed by atoms with E-state index in [1.807, 2.05) is 4.90 Å². The number of carbonyl (C=O) groups is 1. The smallest absolute Gasteiger partial charge is 0.269 e. The van der Waals surface area contributed by atoms with Crippen molar-refractivity contribution < 1.29 is 9.72 Å². The molecule has 0 bridgehead atoms. The van der Waals surface area contributed by atoms with E-state index < -0.39 is 4.92 Å². The van der Waals surface area contributed by atoms with Gasteiger partial charge in [-0.1, -0.05) is 0 Å². The van der Waals surface area contributed by atoms with Gasteiger partial charge in [-0.15, -0.1) is 0 Å². The van der Waals surface area contributed by atoms with Gasteiger partial charge in [-0.3, -0.25) is 14.9 Å². The third-order valence-corrected chi connectivity index (χ3v) is 3.95. The van der Waals surface area contributed by atoms with Gasteiger partial charge in [0.2, 0.25) is 5.91 Å². The molecule has 1 aromatic carbocycles. The maximum absolute atomic E-state index is 12.0. The van der Waals surface area contributed by atoms with Crippen LogP contribution in [-0.2, 0) is 4.79 Å². The van der Waals surface area contributed by atoms with Crippen LogP contribution in [0.2, 0.25) is 0 Å². The molecular formula is C15H22N4O3. The number of anilines is 1. The van der Waals surface area contributed by atoms with E-state index >= 15 is 0 Å². The maximum atomic E-state index is 12.0. The Morgan fingerprint density at radius 3 is 2.73 bits per heavy atom. The van der Waals surface area contributed by atoms with Crippen molar-refractivity contribution in [3.63, 3.8) is 0 Å². The fourth-order valence-corrected chi connectivity index (χ4v) is 2.58. The fourth-order valence-electron chi connectivity index (χ4n) is 2.58. The number of carbonyl (C=O) groups excluding carboxylic acids is 1. The second kappa shape index (κ2) is 7.74. The first-order chi connectivity index (χ1) is 10.6. The molecule has 7 heteroatoms. The molecule has 2 rings (SSSR count). The summed E-state index contributed by atoms with van der Waals surface area (Å²) in [4.78, 5) is 24.0. The summed E-state index contributed by atoms with van der Waals surface area (Å²) in [5.41, 5.74) is 6.52. The molecule has 1 atom stereocenters. The minimum absolute atomic E-state index is 0.0734. The lowest BCUT2D eigenvalue weighted by Crippen LogP contribution is -2.29. The first kappa shape index (κ1) is 16.2. The van der Waals surface area contributed by atoms with E-state index in [0.717, 1.165) is 31.6 Å². The molecule has 0 aliphatic carbocycles. The number of benzene rings is 1. The standard InChI is InChI=1S/C15H22N4O3/c16-10-12-7-9-18(11-12)15(20)2-1-8-17-13-3-5-14(6-4-13)19(21)22/h3-6,12,17H,1-2,7-11,16H2. The summed E-state index contributed by atoms with van der Waals surface area (Å²) in [6.07, 6.45) is 2.25. The topological polar surface area (TPSA) is 102 Å². The molecule has 0 radical (unpaired) electrons. The molecule has 1 fully saturated rings. The molecule has 3 N–H and O–H groups in total. The van der Waals surface area contributed by atoms with Crippen molar-refractivity contribution >= 4 is 17.3 Å². The predicted octanol–water partition coefficient (Wildman–Crippen LogP) is 1.59. The molecule has 1 aliphatic rings. The summed E-state index contributed by atoms with van der Waals surface area (Å²) in [6, 6.07) is 6.27. The van der Waals surface area contributed by atoms with Crippen LogP contribution < -0.4 is 11.1 Å². The third kappa shape index (κ3) is 4.42. The van der Waals surface area contributed by atoms with Crippen molar-refractivity contribution in [2.75, 3.05) is 31.5 Å². The second-order valence-electron chi connectivity index (χ2n) is 5.56. The van der Waals surface area contributed by atoms with Gasteiger partial charge in [0.1, 0.15) is 0 Å². The second-order valence-corrected chi connectivity index (χ2v) is 5.56. The average molecular weight is 306 g/mol. The van der Waals surface area contributed by atoms with E-state index in [-0.39, 0.29) is 11.6 Å². The molecule has 1 amide bonds. The van der Waals surface area contributed by atoms with Crippen LogP contribution in [0.15, 0.2) is 24.3 Å². The zero-order valence-electron chi connectivity index (χ0n) is 12.5. The molecule has 1 saturated heterocycles. The van der Waals surface area contributed by atoms with E-state index in [4.69, 9.17) is 5.73 Å². The Bertz CT molecular complexity index is 518. The van der Waals surface area contributed by atoms with Crippen molar-refractivity contribution in [3.05, 3.63) is 34.4 Å². The number of amides is 1. The number of hydrogen-bond donors (Lipinski definition) is 2. The highest BCUT2D eigenvalue weighted by Crippen LogP contribution is 2.17. The highest BCUT2D eigenvalue weighted by Gasteiger charge is 2.24. The maximum Gasteiger partial charge on any atom is 0.269 e. The van der Waals surface area contributed by atoms with Crippen LogP contribution in [0.3, 0.4) is 0 Å². The Morgan fingerprint density at radius 1 is 1.41 bits per heavy atom. The summed E-state index contributed by atoms with van der Waals surface area (Å²) in [6.45, 7) is 2.91. The van der Waals surface area contributed by atoms with Crippen LogP contribution in [0, 0.1) is 16.0 Å². The van der Waals surface area contributed by atoms with Crippen molar-refractivity contribution in [2.45, 2.75) is 19.3 Å². The summed E-state index contributed by atoms with van der Waals surface area (Å²) >= 11 is 0. The van der Waals surface area contributed by atoms with E-state index in [9.17, 15) is 14.9 Å². The van der Waals surface area contributed by atoms with Gasteiger partial charge in [0.25, 0.3) is 5.69 Å². The molecule has 1 aromatic rings. The van der Waals surface area contributed by atoms with Crippen LogP contribution in [0.5, 0.6) is 0 Å². The van der Waals surface area contributed by atoms with Crippen molar-refractivity contribution in [1.82, 2.24) is 4.90 Å². The number of rotatable bonds is 7. The highest BCUT2D eigenvalue weighted by molar-refractivity contribution is 5.76. The minimum atomic E-state index is -0.424. The van der Waals surface area contributed by atoms with E-state index in [0.29, 0.717) is 25.4 Å².